The lowest BCUT2D eigenvalue weighted by Crippen LogP contribution is -2.41. The average molecular weight is 330 g/mol. The molecule has 1 aliphatic carbocycles. The summed E-state index contributed by atoms with van der Waals surface area (Å²) in [5.41, 5.74) is -0.395. The normalized spacial score (nSPS) is 16.7. The van der Waals surface area contributed by atoms with Crippen LogP contribution in [-0.2, 0) is 6.54 Å². The standard InChI is InChI=1S/C16H22N6O2/c1-11(12-5-3-2-4-6-12)20-15(23)13-7-18-14(21-16(13)24)8-22-10-17-9-19-22/h7,9-12H,2-6,8H2,1H3,(H,20,23)(H,18,21,24)/t11-/m1/s1. The highest BCUT2D eigenvalue weighted by atomic mass is 16.2. The van der Waals surface area contributed by atoms with E-state index >= 15 is 0 Å². The van der Waals surface area contributed by atoms with Gasteiger partial charge in [0.2, 0.25) is 0 Å². The first kappa shape index (κ1) is 16.4. The molecule has 1 amide bonds. The van der Waals surface area contributed by atoms with Gasteiger partial charge in [-0.3, -0.25) is 9.59 Å². The molecule has 8 nitrogen and oxygen atoms in total. The first-order valence-corrected chi connectivity index (χ1v) is 8.35. The number of aromatic nitrogens is 5. The van der Waals surface area contributed by atoms with Crippen molar-refractivity contribution in [2.45, 2.75) is 51.6 Å². The van der Waals surface area contributed by atoms with Gasteiger partial charge in [-0.05, 0) is 25.7 Å². The van der Waals surface area contributed by atoms with Crippen LogP contribution in [0.1, 0.15) is 55.2 Å². The summed E-state index contributed by atoms with van der Waals surface area (Å²) in [5.74, 6) is 0.554. The molecule has 0 aromatic carbocycles. The second-order valence-electron chi connectivity index (χ2n) is 6.33. The van der Waals surface area contributed by atoms with Gasteiger partial charge in [-0.25, -0.2) is 14.6 Å². The molecule has 1 saturated carbocycles. The molecule has 24 heavy (non-hydrogen) atoms. The quantitative estimate of drug-likeness (QED) is 0.854. The smallest absolute Gasteiger partial charge is 0.263 e. The Morgan fingerprint density at radius 1 is 1.42 bits per heavy atom. The van der Waals surface area contributed by atoms with Crippen LogP contribution in [0.4, 0.5) is 0 Å². The molecule has 2 N–H and O–H groups in total. The van der Waals surface area contributed by atoms with E-state index in [1.54, 1.807) is 4.68 Å². The van der Waals surface area contributed by atoms with E-state index in [4.69, 9.17) is 0 Å². The van der Waals surface area contributed by atoms with E-state index in [1.807, 2.05) is 6.92 Å². The molecular weight excluding hydrogens is 308 g/mol. The van der Waals surface area contributed by atoms with E-state index in [0.29, 0.717) is 18.3 Å². The number of amides is 1. The van der Waals surface area contributed by atoms with Gasteiger partial charge >= 0.3 is 0 Å². The van der Waals surface area contributed by atoms with Crippen LogP contribution in [0.15, 0.2) is 23.6 Å². The molecule has 0 aliphatic heterocycles. The Kier molecular flexibility index (Phi) is 5.02. The maximum absolute atomic E-state index is 12.3. The lowest BCUT2D eigenvalue weighted by Gasteiger charge is -2.28. The molecule has 1 fully saturated rings. The second kappa shape index (κ2) is 7.37. The number of nitrogens with zero attached hydrogens (tertiary/aromatic N) is 4. The van der Waals surface area contributed by atoms with Gasteiger partial charge in [-0.2, -0.15) is 5.10 Å². The highest BCUT2D eigenvalue weighted by molar-refractivity contribution is 5.93. The Hall–Kier alpha value is -2.51. The molecule has 0 saturated heterocycles. The van der Waals surface area contributed by atoms with Crippen molar-refractivity contribution in [2.24, 2.45) is 5.92 Å². The molecule has 0 bridgehead atoms. The van der Waals surface area contributed by atoms with Gasteiger partial charge in [0, 0.05) is 12.2 Å². The van der Waals surface area contributed by atoms with E-state index in [9.17, 15) is 9.59 Å². The third-order valence-electron chi connectivity index (χ3n) is 4.59. The largest absolute Gasteiger partial charge is 0.349 e. The Bertz CT molecular complexity index is 733. The van der Waals surface area contributed by atoms with Gasteiger partial charge in [0.1, 0.15) is 30.6 Å². The van der Waals surface area contributed by atoms with Crippen molar-refractivity contribution in [3.63, 3.8) is 0 Å². The predicted molar refractivity (Wildman–Crippen MR) is 87.5 cm³/mol. The number of H-pyrrole nitrogens is 1. The van der Waals surface area contributed by atoms with Crippen LogP contribution in [0.5, 0.6) is 0 Å². The molecule has 2 heterocycles. The zero-order valence-electron chi connectivity index (χ0n) is 13.7. The van der Waals surface area contributed by atoms with E-state index in [0.717, 1.165) is 12.8 Å². The third kappa shape index (κ3) is 3.87. The van der Waals surface area contributed by atoms with Crippen LogP contribution < -0.4 is 10.9 Å². The summed E-state index contributed by atoms with van der Waals surface area (Å²) < 4.78 is 1.54. The fourth-order valence-corrected chi connectivity index (χ4v) is 3.18. The first-order chi connectivity index (χ1) is 11.6. The van der Waals surface area contributed by atoms with E-state index in [2.05, 4.69) is 25.4 Å². The summed E-state index contributed by atoms with van der Waals surface area (Å²) in [6.07, 6.45) is 10.2. The lowest BCUT2D eigenvalue weighted by atomic mass is 9.84. The minimum absolute atomic E-state index is 0.0417. The summed E-state index contributed by atoms with van der Waals surface area (Å²) in [6.45, 7) is 2.31. The van der Waals surface area contributed by atoms with Gasteiger partial charge in [0.05, 0.1) is 0 Å². The summed E-state index contributed by atoms with van der Waals surface area (Å²) in [4.78, 5) is 35.1. The fraction of sp³-hybridized carbons (Fsp3) is 0.562. The number of aromatic amines is 1. The van der Waals surface area contributed by atoms with Gasteiger partial charge in [-0.15, -0.1) is 0 Å². The molecule has 0 radical (unpaired) electrons. The van der Waals surface area contributed by atoms with Crippen molar-refractivity contribution in [3.05, 3.63) is 40.6 Å². The van der Waals surface area contributed by atoms with Gasteiger partial charge in [-0.1, -0.05) is 19.3 Å². The molecule has 8 heteroatoms. The molecule has 3 rings (SSSR count). The van der Waals surface area contributed by atoms with E-state index < -0.39 is 5.56 Å². The molecule has 2 aromatic heterocycles. The molecule has 2 aromatic rings. The van der Waals surface area contributed by atoms with Crippen LogP contribution in [0, 0.1) is 5.92 Å². The first-order valence-electron chi connectivity index (χ1n) is 8.35. The van der Waals surface area contributed by atoms with E-state index in [-0.39, 0.29) is 17.5 Å². The maximum atomic E-state index is 12.3. The number of nitrogens with one attached hydrogen (secondary N) is 2. The maximum Gasteiger partial charge on any atom is 0.263 e. The van der Waals surface area contributed by atoms with Gasteiger partial charge in [0.15, 0.2) is 0 Å². The zero-order chi connectivity index (χ0) is 16.9. The van der Waals surface area contributed by atoms with Crippen LogP contribution in [-0.4, -0.2) is 36.7 Å². The zero-order valence-corrected chi connectivity index (χ0v) is 13.7. The van der Waals surface area contributed by atoms with Crippen molar-refractivity contribution in [1.29, 1.82) is 0 Å². The number of hydrogen-bond acceptors (Lipinski definition) is 5. The fourth-order valence-electron chi connectivity index (χ4n) is 3.18. The lowest BCUT2D eigenvalue weighted by molar-refractivity contribution is 0.0917. The summed E-state index contributed by atoms with van der Waals surface area (Å²) in [7, 11) is 0. The van der Waals surface area contributed by atoms with Crippen molar-refractivity contribution in [1.82, 2.24) is 30.0 Å². The Balaban J connectivity index is 1.65. The Labute approximate surface area is 139 Å². The van der Waals surface area contributed by atoms with Gasteiger partial charge < -0.3 is 10.3 Å². The summed E-state index contributed by atoms with van der Waals surface area (Å²) in [5, 5.41) is 6.90. The molecule has 128 valence electrons. The Morgan fingerprint density at radius 3 is 2.88 bits per heavy atom. The summed E-state index contributed by atoms with van der Waals surface area (Å²) >= 11 is 0. The average Bonchev–Trinajstić information content (AvgIpc) is 3.08. The minimum Gasteiger partial charge on any atom is -0.349 e. The van der Waals surface area contributed by atoms with Crippen LogP contribution in [0.2, 0.25) is 0 Å². The highest BCUT2D eigenvalue weighted by Gasteiger charge is 2.23. The highest BCUT2D eigenvalue weighted by Crippen LogP contribution is 2.26. The number of carbonyl (C=O) groups is 1. The minimum atomic E-state index is -0.437. The molecular formula is C16H22N6O2. The topological polar surface area (TPSA) is 106 Å². The Morgan fingerprint density at radius 2 is 2.21 bits per heavy atom. The van der Waals surface area contributed by atoms with Crippen molar-refractivity contribution in [3.8, 4) is 0 Å². The monoisotopic (exact) mass is 330 g/mol. The van der Waals surface area contributed by atoms with Crippen molar-refractivity contribution >= 4 is 5.91 Å². The molecule has 0 unspecified atom stereocenters. The second-order valence-corrected chi connectivity index (χ2v) is 6.33. The van der Waals surface area contributed by atoms with Crippen LogP contribution >= 0.6 is 0 Å². The van der Waals surface area contributed by atoms with E-state index in [1.165, 1.54) is 38.1 Å². The molecule has 1 aliphatic rings. The van der Waals surface area contributed by atoms with Crippen molar-refractivity contribution < 1.29 is 4.79 Å². The van der Waals surface area contributed by atoms with Crippen molar-refractivity contribution in [2.75, 3.05) is 0 Å². The number of rotatable bonds is 5. The van der Waals surface area contributed by atoms with Gasteiger partial charge in [0.25, 0.3) is 11.5 Å². The number of hydrogen-bond donors (Lipinski definition) is 2. The molecule has 0 spiro atoms. The third-order valence-corrected chi connectivity index (χ3v) is 4.59. The molecule has 1 atom stereocenters. The predicted octanol–water partition coefficient (Wildman–Crippen LogP) is 1.11. The van der Waals surface area contributed by atoms with Crippen LogP contribution in [0.3, 0.4) is 0 Å². The SMILES string of the molecule is C[C@@H](NC(=O)c1cnc(Cn2cncn2)[nH]c1=O)C1CCCCC1. The number of carbonyl (C=O) groups excluding carboxylic acids is 1. The summed E-state index contributed by atoms with van der Waals surface area (Å²) in [6, 6.07) is 0.0621. The van der Waals surface area contributed by atoms with Crippen LogP contribution in [0.25, 0.3) is 0 Å².